The Morgan fingerprint density at radius 3 is 2.61 bits per heavy atom. The van der Waals surface area contributed by atoms with E-state index in [9.17, 15) is 19.7 Å². The summed E-state index contributed by atoms with van der Waals surface area (Å²) >= 11 is 4.69. The van der Waals surface area contributed by atoms with Crippen molar-refractivity contribution in [2.75, 3.05) is 7.05 Å². The second-order valence-corrected chi connectivity index (χ2v) is 9.49. The number of hydrogen-bond acceptors (Lipinski definition) is 7. The van der Waals surface area contributed by atoms with Crippen molar-refractivity contribution in [3.8, 4) is 5.75 Å². The molecule has 1 aliphatic heterocycles. The third-order valence-electron chi connectivity index (χ3n) is 5.11. The molecule has 1 amide bonds. The highest BCUT2D eigenvalue weighted by Crippen LogP contribution is 2.35. The van der Waals surface area contributed by atoms with Crippen molar-refractivity contribution in [1.29, 1.82) is 0 Å². The molecule has 1 saturated heterocycles. The molecule has 3 aromatic carbocycles. The molecule has 0 saturated carbocycles. The van der Waals surface area contributed by atoms with E-state index in [0.717, 1.165) is 5.56 Å². The molecule has 4 rings (SSSR count). The molecule has 9 nitrogen and oxygen atoms in total. The van der Waals surface area contributed by atoms with Gasteiger partial charge in [0.2, 0.25) is 0 Å². The Labute approximate surface area is 218 Å². The summed E-state index contributed by atoms with van der Waals surface area (Å²) in [6, 6.07) is 17.7. The smallest absolute Gasteiger partial charge is 0.335 e. The first kappa shape index (κ1) is 25.1. The Morgan fingerprint density at radius 2 is 1.94 bits per heavy atom. The van der Waals surface area contributed by atoms with Gasteiger partial charge in [-0.3, -0.25) is 19.8 Å². The lowest BCUT2D eigenvalue weighted by molar-refractivity contribution is -0.384. The van der Waals surface area contributed by atoms with Crippen molar-refractivity contribution in [2.45, 2.75) is 6.61 Å². The largest absolute Gasteiger partial charge is 0.488 e. The molecule has 0 spiro atoms. The number of likely N-dealkylation sites (N-methyl/N-ethyl adjacent to an activating group) is 1. The fraction of sp³-hybridized carbons (Fsp3) is 0.0800. The van der Waals surface area contributed by atoms with Crippen molar-refractivity contribution in [2.24, 2.45) is 4.99 Å². The number of nitro benzene ring substituents is 1. The number of hydrogen-bond donors (Lipinski definition) is 1. The number of aromatic carboxylic acids is 1. The molecule has 0 atom stereocenters. The van der Waals surface area contributed by atoms with Gasteiger partial charge in [0.05, 0.1) is 25.6 Å². The van der Waals surface area contributed by atoms with E-state index in [1.807, 2.05) is 6.07 Å². The zero-order chi connectivity index (χ0) is 25.8. The standard InChI is InChI=1S/C25H18BrN3O6S/c1-28-23(30)22(36-25(28)27-18-8-6-17(7-9-18)24(31)32)13-15-5-10-21(20(26)12-15)35-14-16-3-2-4-19(11-16)29(33)34/h2-13H,14H2,1H3,(H,31,32). The number of thioether (sulfide) groups is 1. The first-order chi connectivity index (χ1) is 17.2. The van der Waals surface area contributed by atoms with Crippen LogP contribution < -0.4 is 4.74 Å². The number of carbonyl (C=O) groups is 2. The highest BCUT2D eigenvalue weighted by Gasteiger charge is 2.30. The molecule has 0 aromatic heterocycles. The van der Waals surface area contributed by atoms with E-state index in [-0.39, 0.29) is 23.8 Å². The summed E-state index contributed by atoms with van der Waals surface area (Å²) in [5, 5.41) is 20.4. The molecular formula is C25H18BrN3O6S. The first-order valence-corrected chi connectivity index (χ1v) is 12.1. The number of carbonyl (C=O) groups excluding carboxylic acids is 1. The summed E-state index contributed by atoms with van der Waals surface area (Å²) in [5.74, 6) is -0.671. The predicted molar refractivity (Wildman–Crippen MR) is 140 cm³/mol. The van der Waals surface area contributed by atoms with Gasteiger partial charge in [-0.25, -0.2) is 9.79 Å². The Kier molecular flexibility index (Phi) is 7.51. The zero-order valence-electron chi connectivity index (χ0n) is 18.8. The van der Waals surface area contributed by atoms with Crippen LogP contribution in [0.5, 0.6) is 5.75 Å². The van der Waals surface area contributed by atoms with Crippen LogP contribution in [0.25, 0.3) is 6.08 Å². The molecule has 182 valence electrons. The normalized spacial score (nSPS) is 15.5. The van der Waals surface area contributed by atoms with Crippen LogP contribution in [0.3, 0.4) is 0 Å². The van der Waals surface area contributed by atoms with Crippen LogP contribution in [0.15, 0.2) is 81.1 Å². The number of ether oxygens (including phenoxy) is 1. The second-order valence-electron chi connectivity index (χ2n) is 7.63. The number of benzene rings is 3. The molecular weight excluding hydrogens is 550 g/mol. The van der Waals surface area contributed by atoms with Gasteiger partial charge in [0.25, 0.3) is 11.6 Å². The van der Waals surface area contributed by atoms with Crippen LogP contribution >= 0.6 is 27.7 Å². The summed E-state index contributed by atoms with van der Waals surface area (Å²) in [4.78, 5) is 40.6. The van der Waals surface area contributed by atoms with E-state index in [2.05, 4.69) is 20.9 Å². The van der Waals surface area contributed by atoms with Gasteiger partial charge >= 0.3 is 5.97 Å². The second kappa shape index (κ2) is 10.8. The molecule has 0 bridgehead atoms. The van der Waals surface area contributed by atoms with Gasteiger partial charge in [-0.1, -0.05) is 18.2 Å². The lowest BCUT2D eigenvalue weighted by atomic mass is 10.2. The summed E-state index contributed by atoms with van der Waals surface area (Å²) in [6.07, 6.45) is 1.74. The number of aliphatic imine (C=N–C) groups is 1. The lowest BCUT2D eigenvalue weighted by Gasteiger charge is -2.09. The van der Waals surface area contributed by atoms with Gasteiger partial charge in [0.1, 0.15) is 12.4 Å². The van der Waals surface area contributed by atoms with Crippen molar-refractivity contribution >= 4 is 62.2 Å². The maximum atomic E-state index is 12.7. The third-order valence-corrected chi connectivity index (χ3v) is 6.79. The molecule has 0 radical (unpaired) electrons. The SMILES string of the molecule is CN1C(=O)C(=Cc2ccc(OCc3cccc([N+](=O)[O-])c3)c(Br)c2)SC1=Nc1ccc(C(=O)O)cc1. The predicted octanol–water partition coefficient (Wildman–Crippen LogP) is 5.87. The first-order valence-electron chi connectivity index (χ1n) is 10.5. The minimum Gasteiger partial charge on any atom is -0.488 e. The van der Waals surface area contributed by atoms with E-state index >= 15 is 0 Å². The molecule has 1 aliphatic rings. The summed E-state index contributed by atoms with van der Waals surface area (Å²) in [7, 11) is 1.63. The van der Waals surface area contributed by atoms with Crippen LogP contribution in [0.2, 0.25) is 0 Å². The number of carboxylic acid groups (broad SMARTS) is 1. The minimum absolute atomic E-state index is 0.000946. The Morgan fingerprint density at radius 1 is 1.19 bits per heavy atom. The minimum atomic E-state index is -1.02. The average molecular weight is 568 g/mol. The van der Waals surface area contributed by atoms with Crippen molar-refractivity contribution in [3.63, 3.8) is 0 Å². The number of amidine groups is 1. The van der Waals surface area contributed by atoms with Gasteiger partial charge in [-0.2, -0.15) is 0 Å². The molecule has 1 heterocycles. The Hall–Kier alpha value is -3.96. The number of nitrogens with zero attached hydrogens (tertiary/aromatic N) is 3. The number of non-ortho nitro benzene ring substituents is 1. The third kappa shape index (κ3) is 5.81. The molecule has 36 heavy (non-hydrogen) atoms. The molecule has 1 N–H and O–H groups in total. The molecule has 11 heteroatoms. The van der Waals surface area contributed by atoms with Crippen LogP contribution in [0, 0.1) is 10.1 Å². The van der Waals surface area contributed by atoms with E-state index in [4.69, 9.17) is 9.84 Å². The maximum Gasteiger partial charge on any atom is 0.335 e. The van der Waals surface area contributed by atoms with Crippen LogP contribution in [-0.4, -0.2) is 39.0 Å². The van der Waals surface area contributed by atoms with Crippen LogP contribution in [-0.2, 0) is 11.4 Å². The van der Waals surface area contributed by atoms with Gasteiger partial charge in [0, 0.05) is 19.2 Å². The number of carboxylic acids is 1. The van der Waals surface area contributed by atoms with Crippen molar-refractivity contribution in [3.05, 3.63) is 103 Å². The van der Waals surface area contributed by atoms with Gasteiger partial charge in [-0.05, 0) is 81.3 Å². The summed E-state index contributed by atoms with van der Waals surface area (Å²) in [5.41, 5.74) is 2.13. The maximum absolute atomic E-state index is 12.7. The summed E-state index contributed by atoms with van der Waals surface area (Å²) < 4.78 is 6.47. The average Bonchev–Trinajstić information content (AvgIpc) is 3.11. The summed E-state index contributed by atoms with van der Waals surface area (Å²) in [6.45, 7) is 0.160. The van der Waals surface area contributed by atoms with Gasteiger partial charge < -0.3 is 9.84 Å². The van der Waals surface area contributed by atoms with Crippen LogP contribution in [0.4, 0.5) is 11.4 Å². The highest BCUT2D eigenvalue weighted by atomic mass is 79.9. The van der Waals surface area contributed by atoms with E-state index < -0.39 is 10.9 Å². The fourth-order valence-electron chi connectivity index (χ4n) is 3.24. The molecule has 0 aliphatic carbocycles. The van der Waals surface area contributed by atoms with Crippen molar-refractivity contribution in [1.82, 2.24) is 4.90 Å². The zero-order valence-corrected chi connectivity index (χ0v) is 21.2. The number of nitro groups is 1. The monoisotopic (exact) mass is 567 g/mol. The topological polar surface area (TPSA) is 122 Å². The Balaban J connectivity index is 1.47. The van der Waals surface area contributed by atoms with Crippen molar-refractivity contribution < 1.29 is 24.4 Å². The fourth-order valence-corrected chi connectivity index (χ4v) is 4.73. The number of halogens is 1. The Bertz CT molecular complexity index is 1420. The molecule has 3 aromatic rings. The van der Waals surface area contributed by atoms with E-state index in [0.29, 0.717) is 31.5 Å². The number of amides is 1. The van der Waals surface area contributed by atoms with Gasteiger partial charge in [0.15, 0.2) is 5.17 Å². The number of rotatable bonds is 7. The molecule has 0 unspecified atom stereocenters. The van der Waals surface area contributed by atoms with E-state index in [1.165, 1.54) is 40.9 Å². The van der Waals surface area contributed by atoms with Crippen LogP contribution in [0.1, 0.15) is 21.5 Å². The molecule has 1 fully saturated rings. The quantitative estimate of drug-likeness (QED) is 0.215. The highest BCUT2D eigenvalue weighted by molar-refractivity contribution is 9.10. The lowest BCUT2D eigenvalue weighted by Crippen LogP contribution is -2.23. The van der Waals surface area contributed by atoms with Gasteiger partial charge in [-0.15, -0.1) is 0 Å². The van der Waals surface area contributed by atoms with E-state index in [1.54, 1.807) is 49.5 Å².